The number of aromatic nitrogens is 1. The highest BCUT2D eigenvalue weighted by molar-refractivity contribution is 7.91. The Balaban J connectivity index is 1.26. The van der Waals surface area contributed by atoms with Crippen molar-refractivity contribution >= 4 is 50.3 Å². The Morgan fingerprint density at radius 3 is 2.81 bits per heavy atom. The summed E-state index contributed by atoms with van der Waals surface area (Å²) in [7, 11) is -2.27. The fourth-order valence-corrected chi connectivity index (χ4v) is 7.27. The zero-order valence-corrected chi connectivity index (χ0v) is 25.2. The van der Waals surface area contributed by atoms with E-state index < -0.39 is 50.9 Å². The lowest BCUT2D eigenvalue weighted by Crippen LogP contribution is -2.56. The van der Waals surface area contributed by atoms with E-state index in [2.05, 4.69) is 15.0 Å². The van der Waals surface area contributed by atoms with E-state index >= 15 is 0 Å². The highest BCUT2D eigenvalue weighted by Crippen LogP contribution is 2.46. The van der Waals surface area contributed by atoms with Crippen LogP contribution in [0.1, 0.15) is 44.9 Å². The Morgan fingerprint density at radius 1 is 1.23 bits per heavy atom. The first kappa shape index (κ1) is 29.5. The summed E-state index contributed by atoms with van der Waals surface area (Å²) in [6.45, 7) is 0.224. The highest BCUT2D eigenvalue weighted by atomic mass is 35.5. The number of amides is 3. The number of allylic oxidation sites excluding steroid dienone is 1. The van der Waals surface area contributed by atoms with E-state index in [1.165, 1.54) is 4.90 Å². The molecule has 2 saturated carbocycles. The molecule has 4 aliphatic rings. The summed E-state index contributed by atoms with van der Waals surface area (Å²) >= 11 is 6.28. The number of ether oxygens (including phenoxy) is 3. The molecular formula is C29H33ClN4O8S. The molecule has 2 aliphatic carbocycles. The first-order valence-corrected chi connectivity index (χ1v) is 16.3. The smallest absolute Gasteiger partial charge is 0.410 e. The predicted octanol–water partition coefficient (Wildman–Crippen LogP) is 3.08. The van der Waals surface area contributed by atoms with E-state index in [9.17, 15) is 22.8 Å². The Morgan fingerprint density at radius 2 is 2.05 bits per heavy atom. The average Bonchev–Trinajstić information content (AvgIpc) is 3.89. The fourth-order valence-electron chi connectivity index (χ4n) is 5.71. The van der Waals surface area contributed by atoms with Crippen LogP contribution < -0.4 is 19.5 Å². The average molecular weight is 633 g/mol. The van der Waals surface area contributed by atoms with Crippen molar-refractivity contribution in [1.82, 2.24) is 19.9 Å². The number of nitrogens with zero attached hydrogens (tertiary/aromatic N) is 2. The predicted molar refractivity (Wildman–Crippen MR) is 156 cm³/mol. The van der Waals surface area contributed by atoms with Gasteiger partial charge in [0.2, 0.25) is 21.8 Å². The number of methoxy groups -OCH3 is 1. The van der Waals surface area contributed by atoms with Gasteiger partial charge in [-0.2, -0.15) is 0 Å². The van der Waals surface area contributed by atoms with Crippen molar-refractivity contribution in [3.8, 4) is 11.6 Å². The van der Waals surface area contributed by atoms with E-state index in [0.29, 0.717) is 36.8 Å². The molecule has 0 bridgehead atoms. The summed E-state index contributed by atoms with van der Waals surface area (Å²) in [5, 5.41) is 3.83. The van der Waals surface area contributed by atoms with Crippen LogP contribution in [0, 0.1) is 5.92 Å². The molecule has 43 heavy (non-hydrogen) atoms. The van der Waals surface area contributed by atoms with Gasteiger partial charge in [0.1, 0.15) is 28.6 Å². The van der Waals surface area contributed by atoms with Crippen molar-refractivity contribution in [2.75, 3.05) is 20.3 Å². The van der Waals surface area contributed by atoms with Gasteiger partial charge in [0, 0.05) is 17.7 Å². The molecule has 14 heteroatoms. The van der Waals surface area contributed by atoms with Crippen LogP contribution in [-0.2, 0) is 24.3 Å². The van der Waals surface area contributed by atoms with Gasteiger partial charge in [-0.15, -0.1) is 0 Å². The zero-order chi connectivity index (χ0) is 30.4. The van der Waals surface area contributed by atoms with Crippen LogP contribution in [0.25, 0.3) is 10.8 Å². The number of rotatable bonds is 6. The van der Waals surface area contributed by atoms with Crippen molar-refractivity contribution in [1.29, 1.82) is 0 Å². The van der Waals surface area contributed by atoms with Crippen LogP contribution in [-0.4, -0.2) is 79.4 Å². The van der Waals surface area contributed by atoms with Gasteiger partial charge in [0.25, 0.3) is 5.91 Å². The lowest BCUT2D eigenvalue weighted by molar-refractivity contribution is -0.131. The van der Waals surface area contributed by atoms with Crippen molar-refractivity contribution < 1.29 is 37.0 Å². The van der Waals surface area contributed by atoms with Crippen molar-refractivity contribution in [3.63, 3.8) is 0 Å². The number of carbonyl (C=O) groups excluding carboxylic acids is 3. The van der Waals surface area contributed by atoms with Crippen molar-refractivity contribution in [3.05, 3.63) is 41.6 Å². The monoisotopic (exact) mass is 632 g/mol. The highest BCUT2D eigenvalue weighted by Gasteiger charge is 2.62. The lowest BCUT2D eigenvalue weighted by Gasteiger charge is -2.26. The van der Waals surface area contributed by atoms with E-state index in [1.54, 1.807) is 31.4 Å². The molecule has 1 aromatic carbocycles. The normalized spacial score (nSPS) is 27.8. The minimum atomic E-state index is -3.83. The summed E-state index contributed by atoms with van der Waals surface area (Å²) in [5.41, 5.74) is -1.43. The van der Waals surface area contributed by atoms with Crippen LogP contribution in [0.5, 0.6) is 11.6 Å². The molecule has 3 amide bonds. The summed E-state index contributed by atoms with van der Waals surface area (Å²) < 4.78 is 44.4. The Labute approximate surface area is 254 Å². The number of pyridine rings is 1. The van der Waals surface area contributed by atoms with Crippen molar-refractivity contribution in [2.45, 2.75) is 67.9 Å². The topological polar surface area (TPSA) is 153 Å². The first-order chi connectivity index (χ1) is 20.6. The van der Waals surface area contributed by atoms with Gasteiger partial charge in [-0.25, -0.2) is 18.2 Å². The number of cyclic esters (lactones) is 1. The molecule has 1 aromatic heterocycles. The number of halogens is 1. The number of fused-ring (bicyclic) bond motifs is 3. The second-order valence-corrected chi connectivity index (χ2v) is 13.8. The third-order valence-corrected chi connectivity index (χ3v) is 10.4. The Hall–Kier alpha value is -3.58. The summed E-state index contributed by atoms with van der Waals surface area (Å²) in [4.78, 5) is 45.9. The maximum atomic E-state index is 13.8. The van der Waals surface area contributed by atoms with Gasteiger partial charge in [-0.3, -0.25) is 19.2 Å². The molecule has 1 saturated heterocycles. The number of nitrogens with one attached hydrogen (secondary N) is 2. The van der Waals surface area contributed by atoms with E-state index in [-0.39, 0.29) is 42.9 Å². The lowest BCUT2D eigenvalue weighted by atomic mass is 10.1. The SMILES string of the molecule is COc1ccc2c(O[C@@H]3C[C@H]4C(=O)N[C@]5(C(=O)NS(=O)(=O)C6CC6)C[C@H]5C=CCCCCOC(=O)N4C3)nc(Cl)cc2c1. The number of benzene rings is 1. The van der Waals surface area contributed by atoms with Crippen LogP contribution >= 0.6 is 11.6 Å². The quantitative estimate of drug-likeness (QED) is 0.361. The molecule has 4 atom stereocenters. The third kappa shape index (κ3) is 6.10. The number of carbonyl (C=O) groups is 3. The molecule has 2 N–H and O–H groups in total. The number of hydrogen-bond donors (Lipinski definition) is 2. The van der Waals surface area contributed by atoms with Gasteiger partial charge in [-0.1, -0.05) is 23.8 Å². The van der Waals surface area contributed by atoms with Gasteiger partial charge in [-0.05, 0) is 68.2 Å². The number of sulfonamides is 1. The second kappa shape index (κ2) is 11.5. The molecule has 3 heterocycles. The van der Waals surface area contributed by atoms with Gasteiger partial charge < -0.3 is 19.5 Å². The van der Waals surface area contributed by atoms with Crippen molar-refractivity contribution in [2.24, 2.45) is 5.92 Å². The van der Waals surface area contributed by atoms with E-state index in [4.69, 9.17) is 25.8 Å². The summed E-state index contributed by atoms with van der Waals surface area (Å²) in [6, 6.07) is 6.01. The molecule has 2 aromatic rings. The standard InChI is InChI=1S/C29H33ClN4O8S/c1-40-19-7-10-22-17(12-19)13-24(30)31-26(22)42-20-14-23-25(35)32-29(27(36)33-43(38,39)21-8-9-21)15-18(29)6-4-2-3-5-11-41-28(37)34(23)16-20/h4,6-7,10,12-13,18,20-21,23H,2-3,5,8-9,11,14-16H2,1H3,(H,32,35)(H,33,36)/t18-,20-,23+,29-/m1/s1. The Bertz CT molecular complexity index is 1600. The fraction of sp³-hybridized carbons (Fsp3) is 0.517. The zero-order valence-electron chi connectivity index (χ0n) is 23.6. The molecule has 0 unspecified atom stereocenters. The van der Waals surface area contributed by atoms with Crippen LogP contribution in [0.15, 0.2) is 36.4 Å². The molecule has 6 rings (SSSR count). The second-order valence-electron chi connectivity index (χ2n) is 11.5. The molecule has 2 aliphatic heterocycles. The first-order valence-electron chi connectivity index (χ1n) is 14.4. The minimum absolute atomic E-state index is 0.0291. The largest absolute Gasteiger partial charge is 0.497 e. The van der Waals surface area contributed by atoms with E-state index in [0.717, 1.165) is 11.8 Å². The van der Waals surface area contributed by atoms with Crippen LogP contribution in [0.2, 0.25) is 5.15 Å². The van der Waals surface area contributed by atoms with Gasteiger partial charge >= 0.3 is 6.09 Å². The summed E-state index contributed by atoms with van der Waals surface area (Å²) in [6.07, 6.45) is 5.85. The summed E-state index contributed by atoms with van der Waals surface area (Å²) in [5.74, 6) is -0.860. The molecule has 3 fully saturated rings. The maximum Gasteiger partial charge on any atom is 0.410 e. The van der Waals surface area contributed by atoms with E-state index in [1.807, 2.05) is 12.2 Å². The molecule has 0 spiro atoms. The molecule has 12 nitrogen and oxygen atoms in total. The van der Waals surface area contributed by atoms with Gasteiger partial charge in [0.15, 0.2) is 0 Å². The third-order valence-electron chi connectivity index (χ3n) is 8.37. The number of hydrogen-bond acceptors (Lipinski definition) is 9. The van der Waals surface area contributed by atoms with Gasteiger partial charge in [0.05, 0.1) is 25.5 Å². The van der Waals surface area contributed by atoms with Crippen LogP contribution in [0.4, 0.5) is 4.79 Å². The Kier molecular flexibility index (Phi) is 7.88. The maximum absolute atomic E-state index is 13.8. The molecule has 230 valence electrons. The molecular weight excluding hydrogens is 600 g/mol. The molecule has 0 radical (unpaired) electrons. The van der Waals surface area contributed by atoms with Crippen LogP contribution in [0.3, 0.4) is 0 Å². The minimum Gasteiger partial charge on any atom is -0.497 e.